The van der Waals surface area contributed by atoms with E-state index in [9.17, 15) is 10.2 Å². The van der Waals surface area contributed by atoms with Gasteiger partial charge in [-0.2, -0.15) is 0 Å². The van der Waals surface area contributed by atoms with Gasteiger partial charge in [-0.3, -0.25) is 0 Å². The van der Waals surface area contributed by atoms with Crippen LogP contribution < -0.4 is 0 Å². The monoisotopic (exact) mass is 296 g/mol. The summed E-state index contributed by atoms with van der Waals surface area (Å²) < 4.78 is 0. The molecule has 2 saturated carbocycles. The molecule has 0 aromatic heterocycles. The van der Waals surface area contributed by atoms with Crippen molar-refractivity contribution < 1.29 is 10.2 Å². The normalized spacial score (nSPS) is 45.0. The number of phenols is 1. The van der Waals surface area contributed by atoms with Gasteiger partial charge in [0, 0.05) is 10.8 Å². The van der Waals surface area contributed by atoms with E-state index in [1.807, 2.05) is 12.1 Å². The molecule has 4 aliphatic rings. The molecule has 2 heteroatoms. The molecular weight excluding hydrogens is 272 g/mol. The summed E-state index contributed by atoms with van der Waals surface area (Å²) in [5.41, 5.74) is 6.51. The topological polar surface area (TPSA) is 40.5 Å². The highest BCUT2D eigenvalue weighted by Gasteiger charge is 2.80. The highest BCUT2D eigenvalue weighted by atomic mass is 16.3. The minimum atomic E-state index is -0.137. The van der Waals surface area contributed by atoms with Crippen LogP contribution in [0.5, 0.6) is 5.75 Å². The first-order chi connectivity index (χ1) is 10.4. The highest BCUT2D eigenvalue weighted by Crippen LogP contribution is 2.86. The predicted molar refractivity (Wildman–Crippen MR) is 86.5 cm³/mol. The van der Waals surface area contributed by atoms with Crippen molar-refractivity contribution in [3.05, 3.63) is 34.9 Å². The molecule has 1 aromatic carbocycles. The van der Waals surface area contributed by atoms with E-state index in [1.165, 1.54) is 23.1 Å². The summed E-state index contributed by atoms with van der Waals surface area (Å²) in [4.78, 5) is 0. The minimum absolute atomic E-state index is 0.0784. The summed E-state index contributed by atoms with van der Waals surface area (Å²) >= 11 is 0. The molecule has 0 amide bonds. The van der Waals surface area contributed by atoms with Gasteiger partial charge in [0.25, 0.3) is 0 Å². The Morgan fingerprint density at radius 2 is 1.95 bits per heavy atom. The smallest absolute Gasteiger partial charge is 0.115 e. The number of benzene rings is 1. The third-order valence-corrected chi connectivity index (χ3v) is 7.75. The number of aliphatic hydroxyl groups excluding tert-OH is 1. The quantitative estimate of drug-likeness (QED) is 0.758. The van der Waals surface area contributed by atoms with Gasteiger partial charge < -0.3 is 10.2 Å². The van der Waals surface area contributed by atoms with Gasteiger partial charge in [0.15, 0.2) is 0 Å². The van der Waals surface area contributed by atoms with E-state index >= 15 is 0 Å². The van der Waals surface area contributed by atoms with E-state index in [0.717, 1.165) is 32.1 Å². The van der Waals surface area contributed by atoms with Crippen LogP contribution in [0.15, 0.2) is 23.8 Å². The molecule has 0 radical (unpaired) electrons. The molecule has 1 aromatic rings. The summed E-state index contributed by atoms with van der Waals surface area (Å²) in [6, 6.07) is 5.89. The van der Waals surface area contributed by atoms with Gasteiger partial charge in [-0.1, -0.05) is 25.5 Å². The molecule has 4 atom stereocenters. The van der Waals surface area contributed by atoms with Crippen molar-refractivity contribution in [3.63, 3.8) is 0 Å². The lowest BCUT2D eigenvalue weighted by Gasteiger charge is -2.46. The van der Waals surface area contributed by atoms with Crippen molar-refractivity contribution in [2.75, 3.05) is 0 Å². The molecule has 5 rings (SSSR count). The first-order valence-corrected chi connectivity index (χ1v) is 8.64. The molecule has 0 saturated heterocycles. The van der Waals surface area contributed by atoms with E-state index in [0.29, 0.717) is 11.2 Å². The molecule has 0 aliphatic heterocycles. The number of aliphatic hydroxyl groups is 1. The number of aromatic hydroxyl groups is 1. The fraction of sp³-hybridized carbons (Fsp3) is 0.600. The summed E-state index contributed by atoms with van der Waals surface area (Å²) in [6.45, 7) is 4.73. The van der Waals surface area contributed by atoms with E-state index in [1.54, 1.807) is 5.57 Å². The van der Waals surface area contributed by atoms with Gasteiger partial charge in [-0.25, -0.2) is 0 Å². The number of allylic oxidation sites excluding steroid dienone is 2. The maximum atomic E-state index is 10.7. The van der Waals surface area contributed by atoms with Crippen molar-refractivity contribution in [1.29, 1.82) is 0 Å². The van der Waals surface area contributed by atoms with Gasteiger partial charge >= 0.3 is 0 Å². The summed E-state index contributed by atoms with van der Waals surface area (Å²) in [6.07, 6.45) is 6.43. The Kier molecular flexibility index (Phi) is 2.17. The molecule has 22 heavy (non-hydrogen) atoms. The second kappa shape index (κ2) is 3.62. The lowest BCUT2D eigenvalue weighted by Crippen LogP contribution is -2.41. The second-order valence-corrected chi connectivity index (χ2v) is 8.58. The highest BCUT2D eigenvalue weighted by molar-refractivity contribution is 5.77. The van der Waals surface area contributed by atoms with Gasteiger partial charge in [0.2, 0.25) is 0 Å². The maximum absolute atomic E-state index is 10.7. The van der Waals surface area contributed by atoms with Crippen LogP contribution in [0.1, 0.15) is 57.1 Å². The predicted octanol–water partition coefficient (Wildman–Crippen LogP) is 4.05. The van der Waals surface area contributed by atoms with Gasteiger partial charge in [-0.15, -0.1) is 0 Å². The third-order valence-electron chi connectivity index (χ3n) is 7.75. The summed E-state index contributed by atoms with van der Waals surface area (Å²) in [7, 11) is 0. The number of phenolic OH excluding ortho intramolecular Hbond substituents is 1. The van der Waals surface area contributed by atoms with Crippen LogP contribution in [0, 0.1) is 16.2 Å². The number of rotatable bonds is 0. The van der Waals surface area contributed by atoms with Crippen LogP contribution in [0.25, 0.3) is 5.57 Å². The fourth-order valence-electron chi connectivity index (χ4n) is 6.61. The molecule has 2 nitrogen and oxygen atoms in total. The average molecular weight is 296 g/mol. The molecule has 4 aliphatic carbocycles. The fourth-order valence-corrected chi connectivity index (χ4v) is 6.61. The molecule has 116 valence electrons. The lowest BCUT2D eigenvalue weighted by atomic mass is 9.58. The molecule has 1 spiro atoms. The Morgan fingerprint density at radius 1 is 1.14 bits per heavy atom. The number of fused-ring (bicyclic) bond motifs is 2. The van der Waals surface area contributed by atoms with Crippen molar-refractivity contribution in [1.82, 2.24) is 0 Å². The zero-order valence-electron chi connectivity index (χ0n) is 13.4. The Morgan fingerprint density at radius 3 is 2.77 bits per heavy atom. The van der Waals surface area contributed by atoms with Crippen molar-refractivity contribution in [2.45, 2.75) is 58.5 Å². The van der Waals surface area contributed by atoms with Crippen molar-refractivity contribution >= 4 is 5.57 Å². The van der Waals surface area contributed by atoms with Crippen molar-refractivity contribution in [3.8, 4) is 5.75 Å². The molecule has 2 fully saturated rings. The Labute approximate surface area is 131 Å². The minimum Gasteiger partial charge on any atom is -0.508 e. The van der Waals surface area contributed by atoms with E-state index in [-0.39, 0.29) is 16.9 Å². The standard InChI is InChI=1S/C20H24O2/c1-18-10-17(22)19(2)8-7-15-14-5-4-13(21)9-12(14)3-6-16(15)20(18,19)11-18/h4-5,9,17,21-22H,3,6-8,10-11H2,1-2H3/t17-,18+,19-,20?/m1/s1. The first-order valence-electron chi connectivity index (χ1n) is 8.64. The van der Waals surface area contributed by atoms with E-state index in [4.69, 9.17) is 0 Å². The van der Waals surface area contributed by atoms with Crippen LogP contribution in [0.3, 0.4) is 0 Å². The van der Waals surface area contributed by atoms with Crippen LogP contribution in [-0.2, 0) is 6.42 Å². The Hall–Kier alpha value is -1.28. The second-order valence-electron chi connectivity index (χ2n) is 8.58. The van der Waals surface area contributed by atoms with E-state index < -0.39 is 0 Å². The number of hydrogen-bond acceptors (Lipinski definition) is 2. The molecule has 1 unspecified atom stereocenters. The van der Waals surface area contributed by atoms with Crippen LogP contribution in [0.2, 0.25) is 0 Å². The van der Waals surface area contributed by atoms with E-state index in [2.05, 4.69) is 19.9 Å². The summed E-state index contributed by atoms with van der Waals surface area (Å²) in [5, 5.41) is 20.5. The zero-order valence-corrected chi connectivity index (χ0v) is 13.4. The number of aryl methyl sites for hydroxylation is 1. The average Bonchev–Trinajstić information content (AvgIpc) is 3.03. The molecule has 0 bridgehead atoms. The number of hydrogen-bond donors (Lipinski definition) is 2. The van der Waals surface area contributed by atoms with Crippen molar-refractivity contribution in [2.24, 2.45) is 16.2 Å². The largest absolute Gasteiger partial charge is 0.508 e. The van der Waals surface area contributed by atoms with Gasteiger partial charge in [0.1, 0.15) is 5.75 Å². The zero-order chi connectivity index (χ0) is 15.3. The van der Waals surface area contributed by atoms with Crippen LogP contribution >= 0.6 is 0 Å². The summed E-state index contributed by atoms with van der Waals surface area (Å²) in [5.74, 6) is 0.383. The SMILES string of the molecule is C[C@@]12C[C@@H](O)[C@@]3(C)CCC4=C(CCc5cc(O)ccc54)C13C2. The van der Waals surface area contributed by atoms with Crippen LogP contribution in [0.4, 0.5) is 0 Å². The molecule has 2 N–H and O–H groups in total. The maximum Gasteiger partial charge on any atom is 0.115 e. The molecular formula is C20H24O2. The first kappa shape index (κ1) is 13.2. The molecule has 0 heterocycles. The Bertz CT molecular complexity index is 733. The van der Waals surface area contributed by atoms with Gasteiger partial charge in [-0.05, 0) is 72.8 Å². The van der Waals surface area contributed by atoms with Gasteiger partial charge in [0.05, 0.1) is 6.10 Å². The Balaban J connectivity index is 1.73. The third kappa shape index (κ3) is 1.21. The lowest BCUT2D eigenvalue weighted by molar-refractivity contribution is 0.0114. The van der Waals surface area contributed by atoms with Crippen LogP contribution in [-0.4, -0.2) is 16.3 Å².